The lowest BCUT2D eigenvalue weighted by atomic mass is 9.92. The third kappa shape index (κ3) is 2.71. The number of hydrogen-bond donors (Lipinski definition) is 0. The lowest BCUT2D eigenvalue weighted by Crippen LogP contribution is -2.35. The molecule has 0 saturated carbocycles. The molecule has 0 spiro atoms. The van der Waals surface area contributed by atoms with Gasteiger partial charge in [0.25, 0.3) is 0 Å². The van der Waals surface area contributed by atoms with Crippen LogP contribution in [0.1, 0.15) is 34.1 Å². The maximum Gasteiger partial charge on any atom is 0.180 e. The predicted molar refractivity (Wildman–Crippen MR) is 66.7 cm³/mol. The molecule has 0 aromatic heterocycles. The highest BCUT2D eigenvalue weighted by Gasteiger charge is 2.27. The summed E-state index contributed by atoms with van der Waals surface area (Å²) in [6, 6.07) is 0. The van der Waals surface area contributed by atoms with Crippen LogP contribution in [-0.2, 0) is 0 Å². The summed E-state index contributed by atoms with van der Waals surface area (Å²) in [5, 5.41) is 0. The van der Waals surface area contributed by atoms with E-state index in [1.54, 1.807) is 6.20 Å². The van der Waals surface area contributed by atoms with Gasteiger partial charge < -0.3 is 4.90 Å². The summed E-state index contributed by atoms with van der Waals surface area (Å²) in [5.41, 5.74) is 0.865. The van der Waals surface area contributed by atoms with Crippen LogP contribution in [0, 0.1) is 11.8 Å². The summed E-state index contributed by atoms with van der Waals surface area (Å²) >= 11 is 0. The maximum absolute atomic E-state index is 14.2. The largest absolute Gasteiger partial charge is 0.302 e. The molecule has 0 amide bonds. The lowest BCUT2D eigenvalue weighted by molar-refractivity contribution is 0.0730. The van der Waals surface area contributed by atoms with Crippen molar-refractivity contribution in [1.29, 1.82) is 0 Å². The van der Waals surface area contributed by atoms with Crippen LogP contribution in [0.25, 0.3) is 0 Å². The van der Waals surface area contributed by atoms with Gasteiger partial charge in [0.1, 0.15) is 5.82 Å². The fourth-order valence-corrected chi connectivity index (χ4v) is 1.69. The van der Waals surface area contributed by atoms with E-state index in [1.807, 2.05) is 19.9 Å². The van der Waals surface area contributed by atoms with E-state index < -0.39 is 6.30 Å². The van der Waals surface area contributed by atoms with Crippen molar-refractivity contribution in [2.45, 2.75) is 40.4 Å². The zero-order chi connectivity index (χ0) is 12.3. The number of nitrogens with zero attached hydrogens (tertiary/aromatic N) is 2. The molecule has 1 rings (SSSR count). The van der Waals surface area contributed by atoms with E-state index in [9.17, 15) is 4.39 Å². The van der Waals surface area contributed by atoms with Gasteiger partial charge in [-0.15, -0.1) is 0 Å². The third-order valence-electron chi connectivity index (χ3n) is 3.32. The van der Waals surface area contributed by atoms with Crippen molar-refractivity contribution < 1.29 is 4.39 Å². The lowest BCUT2D eigenvalue weighted by Gasteiger charge is -2.32. The Morgan fingerprint density at radius 1 is 1.50 bits per heavy atom. The minimum Gasteiger partial charge on any atom is -0.302 e. The predicted octanol–water partition coefficient (Wildman–Crippen LogP) is 3.73. The van der Waals surface area contributed by atoms with E-state index in [2.05, 4.69) is 25.4 Å². The van der Waals surface area contributed by atoms with E-state index in [4.69, 9.17) is 0 Å². The number of rotatable bonds is 4. The summed E-state index contributed by atoms with van der Waals surface area (Å²) < 4.78 is 14.2. The molecule has 0 radical (unpaired) electrons. The molecule has 0 fully saturated rings. The molecule has 0 bridgehead atoms. The molecule has 1 aliphatic heterocycles. The molecule has 0 aromatic carbocycles. The summed E-state index contributed by atoms with van der Waals surface area (Å²) in [4.78, 5) is 5.69. The van der Waals surface area contributed by atoms with Gasteiger partial charge in [-0.1, -0.05) is 33.8 Å². The Balaban J connectivity index is 2.72. The fourth-order valence-electron chi connectivity index (χ4n) is 1.69. The fraction of sp³-hybridized carbons (Fsp3) is 0.615. The van der Waals surface area contributed by atoms with Crippen molar-refractivity contribution in [3.05, 3.63) is 24.7 Å². The van der Waals surface area contributed by atoms with Crippen molar-refractivity contribution >= 4 is 5.71 Å². The van der Waals surface area contributed by atoms with Crippen LogP contribution in [0.3, 0.4) is 0 Å². The van der Waals surface area contributed by atoms with Gasteiger partial charge in [0.2, 0.25) is 0 Å². The average Bonchev–Trinajstić information content (AvgIpc) is 2.26. The number of hydrogen-bond acceptors (Lipinski definition) is 2. The third-order valence-corrected chi connectivity index (χ3v) is 3.32. The van der Waals surface area contributed by atoms with Crippen LogP contribution in [-0.4, -0.2) is 16.9 Å². The Kier molecular flexibility index (Phi) is 4.27. The second kappa shape index (κ2) is 5.28. The highest BCUT2D eigenvalue weighted by molar-refractivity contribution is 5.94. The van der Waals surface area contributed by atoms with Crippen LogP contribution in [0.4, 0.5) is 4.39 Å². The quantitative estimate of drug-likeness (QED) is 0.664. The van der Waals surface area contributed by atoms with E-state index in [1.165, 1.54) is 4.90 Å². The van der Waals surface area contributed by atoms with Crippen molar-refractivity contribution in [2.75, 3.05) is 0 Å². The van der Waals surface area contributed by atoms with E-state index in [0.29, 0.717) is 11.7 Å². The van der Waals surface area contributed by atoms with Crippen LogP contribution in [0.2, 0.25) is 0 Å². The molecule has 3 atom stereocenters. The van der Waals surface area contributed by atoms with Crippen LogP contribution >= 0.6 is 0 Å². The molecule has 0 aromatic rings. The first-order chi connectivity index (χ1) is 7.47. The molecule has 1 aliphatic rings. The van der Waals surface area contributed by atoms with Gasteiger partial charge in [-0.2, -0.15) is 0 Å². The molecule has 16 heavy (non-hydrogen) atoms. The molecule has 0 N–H and O–H groups in total. The SMILES string of the molecule is C=C1N=C(C)C=CN1C(F)C(C)C(C)CC. The summed E-state index contributed by atoms with van der Waals surface area (Å²) in [6.07, 6.45) is 3.47. The molecular formula is C13H21FN2. The van der Waals surface area contributed by atoms with Gasteiger partial charge in [0.15, 0.2) is 6.30 Å². The second-order valence-corrected chi connectivity index (χ2v) is 4.51. The smallest absolute Gasteiger partial charge is 0.180 e. The summed E-state index contributed by atoms with van der Waals surface area (Å²) in [6.45, 7) is 11.7. The van der Waals surface area contributed by atoms with E-state index >= 15 is 0 Å². The summed E-state index contributed by atoms with van der Waals surface area (Å²) in [5.74, 6) is 0.811. The van der Waals surface area contributed by atoms with Gasteiger partial charge in [0, 0.05) is 17.8 Å². The number of allylic oxidation sites excluding steroid dienone is 1. The Morgan fingerprint density at radius 2 is 2.12 bits per heavy atom. The molecule has 2 nitrogen and oxygen atoms in total. The van der Waals surface area contributed by atoms with Crippen molar-refractivity contribution in [3.63, 3.8) is 0 Å². The van der Waals surface area contributed by atoms with Crippen LogP contribution in [0.15, 0.2) is 29.7 Å². The standard InChI is InChI=1S/C13H21FN2/c1-6-9(2)11(4)13(14)16-8-7-10(3)15-12(16)5/h7-9,11,13H,5-6H2,1-4H3. The maximum atomic E-state index is 14.2. The molecule has 90 valence electrons. The van der Waals surface area contributed by atoms with Crippen molar-refractivity contribution in [1.82, 2.24) is 4.90 Å². The Morgan fingerprint density at radius 3 is 2.62 bits per heavy atom. The van der Waals surface area contributed by atoms with Crippen LogP contribution < -0.4 is 0 Å². The first kappa shape index (κ1) is 12.9. The topological polar surface area (TPSA) is 15.6 Å². The zero-order valence-electron chi connectivity index (χ0n) is 10.6. The van der Waals surface area contributed by atoms with Crippen molar-refractivity contribution in [3.8, 4) is 0 Å². The minimum absolute atomic E-state index is 0.0278. The molecule has 3 unspecified atom stereocenters. The average molecular weight is 224 g/mol. The van der Waals surface area contributed by atoms with E-state index in [0.717, 1.165) is 12.1 Å². The molecule has 0 aliphatic carbocycles. The monoisotopic (exact) mass is 224 g/mol. The molecule has 3 heteroatoms. The van der Waals surface area contributed by atoms with E-state index in [-0.39, 0.29) is 5.92 Å². The molecule has 0 saturated heterocycles. The first-order valence-corrected chi connectivity index (χ1v) is 5.82. The number of alkyl halides is 1. The van der Waals surface area contributed by atoms with Gasteiger partial charge in [-0.05, 0) is 18.9 Å². The Bertz CT molecular complexity index is 320. The Labute approximate surface area is 97.6 Å². The summed E-state index contributed by atoms with van der Waals surface area (Å²) in [7, 11) is 0. The highest BCUT2D eigenvalue weighted by atomic mass is 19.1. The zero-order valence-corrected chi connectivity index (χ0v) is 10.6. The Hall–Kier alpha value is -1.12. The molecule has 1 heterocycles. The first-order valence-electron chi connectivity index (χ1n) is 5.82. The van der Waals surface area contributed by atoms with Gasteiger partial charge in [-0.3, -0.25) is 0 Å². The number of aliphatic imine (C=N–C) groups is 1. The van der Waals surface area contributed by atoms with Gasteiger partial charge in [0.05, 0.1) is 0 Å². The second-order valence-electron chi connectivity index (χ2n) is 4.51. The van der Waals surface area contributed by atoms with Gasteiger partial charge in [-0.25, -0.2) is 9.38 Å². The van der Waals surface area contributed by atoms with Gasteiger partial charge >= 0.3 is 0 Å². The van der Waals surface area contributed by atoms with Crippen molar-refractivity contribution in [2.24, 2.45) is 16.8 Å². The highest BCUT2D eigenvalue weighted by Crippen LogP contribution is 2.27. The number of halogens is 1. The molecular weight excluding hydrogens is 203 g/mol. The minimum atomic E-state index is -1.05. The normalized spacial score (nSPS) is 21.7. The van der Waals surface area contributed by atoms with Crippen LogP contribution in [0.5, 0.6) is 0 Å².